The summed E-state index contributed by atoms with van der Waals surface area (Å²) in [4.78, 5) is 37.8. The minimum absolute atomic E-state index is 0.113. The van der Waals surface area contributed by atoms with Gasteiger partial charge in [0.05, 0.1) is 6.42 Å². The first-order chi connectivity index (χ1) is 29.5. The molecule has 0 aliphatic rings. The molecule has 0 bridgehead atoms. The fraction of sp³-hybridized carbons (Fsp3) is 0.685. The Morgan fingerprint density at radius 1 is 0.367 bits per heavy atom. The van der Waals surface area contributed by atoms with E-state index in [9.17, 15) is 14.4 Å². The topological polar surface area (TPSA) is 78.9 Å². The van der Waals surface area contributed by atoms with Gasteiger partial charge in [-0.25, -0.2) is 0 Å². The van der Waals surface area contributed by atoms with Gasteiger partial charge in [-0.15, -0.1) is 0 Å². The van der Waals surface area contributed by atoms with Crippen LogP contribution in [0.4, 0.5) is 0 Å². The van der Waals surface area contributed by atoms with Crippen molar-refractivity contribution < 1.29 is 28.6 Å². The number of carbonyl (C=O) groups is 3. The molecule has 0 aromatic carbocycles. The fourth-order valence-corrected chi connectivity index (χ4v) is 6.49. The lowest BCUT2D eigenvalue weighted by Crippen LogP contribution is -2.30. The Kier molecular flexibility index (Phi) is 45.5. The molecule has 0 heterocycles. The number of rotatable bonds is 43. The molecule has 0 N–H and O–H groups in total. The zero-order valence-corrected chi connectivity index (χ0v) is 38.9. The van der Waals surface area contributed by atoms with E-state index in [-0.39, 0.29) is 31.6 Å². The van der Waals surface area contributed by atoms with Crippen LogP contribution in [0.15, 0.2) is 85.1 Å². The lowest BCUT2D eigenvalue weighted by molar-refractivity contribution is -0.166. The van der Waals surface area contributed by atoms with Crippen molar-refractivity contribution in [3.63, 3.8) is 0 Å². The number of allylic oxidation sites excluding steroid dienone is 13. The van der Waals surface area contributed by atoms with Crippen molar-refractivity contribution >= 4 is 17.9 Å². The van der Waals surface area contributed by atoms with E-state index >= 15 is 0 Å². The van der Waals surface area contributed by atoms with Crippen LogP contribution in [-0.2, 0) is 28.6 Å². The molecule has 0 aliphatic heterocycles. The molecule has 342 valence electrons. The van der Waals surface area contributed by atoms with Crippen molar-refractivity contribution in [3.05, 3.63) is 85.1 Å². The number of hydrogen-bond donors (Lipinski definition) is 0. The van der Waals surface area contributed by atoms with Crippen LogP contribution >= 0.6 is 0 Å². The zero-order valence-electron chi connectivity index (χ0n) is 38.9. The highest BCUT2D eigenvalue weighted by Crippen LogP contribution is 2.14. The molecular weight excluding hydrogens is 745 g/mol. The summed E-state index contributed by atoms with van der Waals surface area (Å²) in [5.74, 6) is -1.06. The maximum Gasteiger partial charge on any atom is 0.309 e. The normalized spacial score (nSPS) is 12.8. The first kappa shape index (κ1) is 56.6. The molecule has 1 atom stereocenters. The third kappa shape index (κ3) is 45.7. The van der Waals surface area contributed by atoms with Gasteiger partial charge in [-0.1, -0.05) is 215 Å². The second-order valence-corrected chi connectivity index (χ2v) is 16.0. The van der Waals surface area contributed by atoms with E-state index in [1.54, 1.807) is 6.08 Å². The quantitative estimate of drug-likeness (QED) is 0.0263. The fourth-order valence-electron chi connectivity index (χ4n) is 6.49. The van der Waals surface area contributed by atoms with Crippen LogP contribution in [0.25, 0.3) is 0 Å². The maximum atomic E-state index is 12.8. The van der Waals surface area contributed by atoms with E-state index in [2.05, 4.69) is 93.7 Å². The predicted octanol–water partition coefficient (Wildman–Crippen LogP) is 16.0. The largest absolute Gasteiger partial charge is 0.462 e. The second kappa shape index (κ2) is 48.3. The molecule has 1 unspecified atom stereocenters. The maximum absolute atomic E-state index is 12.8. The monoisotopic (exact) mass is 835 g/mol. The molecule has 0 aromatic heterocycles. The van der Waals surface area contributed by atoms with Crippen LogP contribution in [0.3, 0.4) is 0 Å². The number of esters is 3. The van der Waals surface area contributed by atoms with E-state index in [0.717, 1.165) is 103 Å². The van der Waals surface area contributed by atoms with Crippen LogP contribution in [0.2, 0.25) is 0 Å². The summed E-state index contributed by atoms with van der Waals surface area (Å²) < 4.78 is 16.6. The van der Waals surface area contributed by atoms with Gasteiger partial charge in [0.15, 0.2) is 6.10 Å². The average Bonchev–Trinajstić information content (AvgIpc) is 3.24. The van der Waals surface area contributed by atoms with Gasteiger partial charge in [0, 0.05) is 12.8 Å². The summed E-state index contributed by atoms with van der Waals surface area (Å²) in [7, 11) is 0. The van der Waals surface area contributed by atoms with Gasteiger partial charge in [0.2, 0.25) is 0 Å². The molecule has 6 heteroatoms. The van der Waals surface area contributed by atoms with E-state index in [0.29, 0.717) is 12.8 Å². The van der Waals surface area contributed by atoms with Crippen molar-refractivity contribution in [2.24, 2.45) is 0 Å². The molecule has 0 aromatic rings. The average molecular weight is 835 g/mol. The zero-order chi connectivity index (χ0) is 43.7. The summed E-state index contributed by atoms with van der Waals surface area (Å²) in [5.41, 5.74) is 0. The van der Waals surface area contributed by atoms with Gasteiger partial charge < -0.3 is 14.2 Å². The second-order valence-electron chi connectivity index (χ2n) is 16.0. The molecule has 6 nitrogen and oxygen atoms in total. The van der Waals surface area contributed by atoms with Crippen LogP contribution in [0.1, 0.15) is 220 Å². The minimum atomic E-state index is -0.819. The number of unbranched alkanes of at least 4 members (excludes halogenated alkanes) is 19. The van der Waals surface area contributed by atoms with Crippen LogP contribution < -0.4 is 0 Å². The molecular formula is C54H90O6. The van der Waals surface area contributed by atoms with E-state index in [1.807, 2.05) is 6.08 Å². The summed E-state index contributed by atoms with van der Waals surface area (Å²) in [5, 5.41) is 0. The first-order valence-corrected chi connectivity index (χ1v) is 24.6. The van der Waals surface area contributed by atoms with Crippen LogP contribution in [0.5, 0.6) is 0 Å². The van der Waals surface area contributed by atoms with Crippen molar-refractivity contribution in [2.45, 2.75) is 226 Å². The number of carbonyl (C=O) groups excluding carboxylic acids is 3. The van der Waals surface area contributed by atoms with E-state index in [4.69, 9.17) is 14.2 Å². The highest BCUT2D eigenvalue weighted by Gasteiger charge is 2.19. The number of hydrogen-bond acceptors (Lipinski definition) is 6. The van der Waals surface area contributed by atoms with Crippen molar-refractivity contribution in [1.82, 2.24) is 0 Å². The van der Waals surface area contributed by atoms with E-state index < -0.39 is 12.1 Å². The SMILES string of the molecule is CC/C=C\C/C=C\C/C=C\C/C=C\C/C=C\CC(=O)OCC(COC(=O)CCCCCCC/C=C\C/C=C\CCC)OC(=O)CCCCCCCCCCCCCCCC. The minimum Gasteiger partial charge on any atom is -0.462 e. The van der Waals surface area contributed by atoms with Crippen LogP contribution in [0, 0.1) is 0 Å². The third-order valence-corrected chi connectivity index (χ3v) is 10.1. The Balaban J connectivity index is 4.52. The Morgan fingerprint density at radius 2 is 0.750 bits per heavy atom. The molecule has 0 aliphatic carbocycles. The van der Waals surface area contributed by atoms with Gasteiger partial charge >= 0.3 is 17.9 Å². The summed E-state index contributed by atoms with van der Waals surface area (Å²) in [6, 6.07) is 0. The summed E-state index contributed by atoms with van der Waals surface area (Å²) >= 11 is 0. The highest BCUT2D eigenvalue weighted by atomic mass is 16.6. The van der Waals surface area contributed by atoms with Gasteiger partial charge in [0.1, 0.15) is 13.2 Å². The highest BCUT2D eigenvalue weighted by molar-refractivity contribution is 5.72. The molecule has 0 spiro atoms. The molecule has 60 heavy (non-hydrogen) atoms. The molecule has 0 amide bonds. The molecule has 0 fully saturated rings. The Morgan fingerprint density at radius 3 is 1.23 bits per heavy atom. The lowest BCUT2D eigenvalue weighted by Gasteiger charge is -2.18. The Bertz CT molecular complexity index is 1190. The Labute approximate surface area is 369 Å². The van der Waals surface area contributed by atoms with Gasteiger partial charge in [-0.3, -0.25) is 14.4 Å². The first-order valence-electron chi connectivity index (χ1n) is 24.6. The van der Waals surface area contributed by atoms with Crippen molar-refractivity contribution in [3.8, 4) is 0 Å². The summed E-state index contributed by atoms with van der Waals surface area (Å²) in [6.45, 7) is 6.35. The van der Waals surface area contributed by atoms with Crippen LogP contribution in [-0.4, -0.2) is 37.2 Å². The van der Waals surface area contributed by atoms with Crippen molar-refractivity contribution in [2.75, 3.05) is 13.2 Å². The molecule has 0 radical (unpaired) electrons. The molecule has 0 rings (SSSR count). The summed E-state index contributed by atoms with van der Waals surface area (Å²) in [6.07, 6.45) is 61.6. The molecule has 0 saturated heterocycles. The third-order valence-electron chi connectivity index (χ3n) is 10.1. The van der Waals surface area contributed by atoms with Gasteiger partial charge in [0.25, 0.3) is 0 Å². The van der Waals surface area contributed by atoms with Gasteiger partial charge in [-0.05, 0) is 70.6 Å². The number of ether oxygens (including phenoxy) is 3. The molecule has 0 saturated carbocycles. The van der Waals surface area contributed by atoms with E-state index in [1.165, 1.54) is 77.0 Å². The Hall–Kier alpha value is -3.41. The van der Waals surface area contributed by atoms with Crippen molar-refractivity contribution in [1.29, 1.82) is 0 Å². The smallest absolute Gasteiger partial charge is 0.309 e. The van der Waals surface area contributed by atoms with Gasteiger partial charge in [-0.2, -0.15) is 0 Å². The standard InChI is InChI=1S/C54H90O6/c1-4-7-10-13-16-19-22-25-27-30-32-35-38-41-44-47-53(56)59-50-51(49-58-52(55)46-43-40-37-34-31-28-24-21-18-15-12-9-6-3)60-54(57)48-45-42-39-36-33-29-26-23-20-17-14-11-8-5-2/h7,10,12,15-16,19,21,24-25,27,32,35,41,44,51H,4-6,8-9,11,13-14,17-18,20,22-23,26,28-31,33-34,36-40,42-43,45-50H2,1-3H3/b10-7-,15-12-,19-16-,24-21-,27-25-,35-32-,44-41-. The lowest BCUT2D eigenvalue weighted by atomic mass is 10.0. The predicted molar refractivity (Wildman–Crippen MR) is 256 cm³/mol.